The number of hydrogen-bond donors (Lipinski definition) is 4. The summed E-state index contributed by atoms with van der Waals surface area (Å²) in [4.78, 5) is 27.2. The van der Waals surface area contributed by atoms with E-state index in [1.54, 1.807) is 30.5 Å². The van der Waals surface area contributed by atoms with Crippen LogP contribution in [0, 0.1) is 0 Å². The van der Waals surface area contributed by atoms with Crippen LogP contribution >= 0.6 is 12.4 Å². The third-order valence-electron chi connectivity index (χ3n) is 4.56. The topological polar surface area (TPSA) is 157 Å². The van der Waals surface area contributed by atoms with Gasteiger partial charge in [-0.05, 0) is 49.2 Å². The Hall–Kier alpha value is -3.09. The van der Waals surface area contributed by atoms with Gasteiger partial charge >= 0.3 is 5.97 Å². The van der Waals surface area contributed by atoms with Crippen molar-refractivity contribution in [2.24, 2.45) is 10.8 Å². The predicted octanol–water partition coefficient (Wildman–Crippen LogP) is 2.17. The van der Waals surface area contributed by atoms with Gasteiger partial charge in [-0.3, -0.25) is 10.2 Å². The van der Waals surface area contributed by atoms with Gasteiger partial charge in [0.05, 0.1) is 43.8 Å². The lowest BCUT2D eigenvalue weighted by Crippen LogP contribution is -2.25. The first kappa shape index (κ1) is 30.9. The number of nitrogens with one attached hydrogen (secondary N) is 2. The molecule has 0 aliphatic rings. The maximum Gasteiger partial charge on any atom is 0.335 e. The van der Waals surface area contributed by atoms with Crippen molar-refractivity contribution in [2.45, 2.75) is 12.8 Å². The van der Waals surface area contributed by atoms with E-state index in [1.165, 1.54) is 18.3 Å². The molecule has 198 valence electrons. The molecule has 0 fully saturated rings. The van der Waals surface area contributed by atoms with Crippen LogP contribution in [0.25, 0.3) is 0 Å². The highest BCUT2D eigenvalue weighted by atomic mass is 35.5. The Morgan fingerprint density at radius 2 is 1.53 bits per heavy atom. The number of rotatable bonds is 18. The molecule has 0 unspecified atom stereocenters. The third-order valence-corrected chi connectivity index (χ3v) is 4.56. The molecule has 0 saturated heterocycles. The number of amides is 1. The van der Waals surface area contributed by atoms with Gasteiger partial charge in [0.1, 0.15) is 5.82 Å². The number of hydrogen-bond acceptors (Lipinski definition) is 9. The number of pyridine rings is 1. The fourth-order valence-corrected chi connectivity index (χ4v) is 2.68. The van der Waals surface area contributed by atoms with Gasteiger partial charge in [-0.15, -0.1) is 12.4 Å². The summed E-state index contributed by atoms with van der Waals surface area (Å²) in [6.45, 7) is 4.36. The number of carbonyl (C=O) groups excluding carboxylic acids is 1. The van der Waals surface area contributed by atoms with Gasteiger partial charge in [0, 0.05) is 26.0 Å². The fourth-order valence-electron chi connectivity index (χ4n) is 2.68. The number of nitrogens with zero attached hydrogens (tertiary/aromatic N) is 2. The molecule has 36 heavy (non-hydrogen) atoms. The van der Waals surface area contributed by atoms with Crippen LogP contribution in [0.1, 0.15) is 39.1 Å². The Labute approximate surface area is 216 Å². The van der Waals surface area contributed by atoms with Crippen LogP contribution in [0.3, 0.4) is 0 Å². The zero-order valence-electron chi connectivity index (χ0n) is 20.1. The van der Waals surface area contributed by atoms with Crippen LogP contribution in [-0.4, -0.2) is 80.9 Å². The quantitative estimate of drug-likeness (QED) is 0.130. The molecule has 0 bridgehead atoms. The molecule has 2 rings (SSSR count). The first-order valence-electron chi connectivity index (χ1n) is 11.4. The molecule has 1 heterocycles. The molecule has 12 heteroatoms. The van der Waals surface area contributed by atoms with E-state index >= 15 is 0 Å². The molecular formula is C24H34ClN5O6. The standard InChI is InChI=1S/C24H33N5O6.ClH/c25-9-1-11-33-13-15-35-16-14-34-12-2-10-26-23(30)21-7-8-22(27-18-21)29-28-17-19-3-5-20(6-4-19)24(31)32;/h3-8,17-18H,1-2,9-16,25H2,(H,26,30)(H,27,29)(H,31,32);1H. The van der Waals surface area contributed by atoms with Crippen LogP contribution in [-0.2, 0) is 14.2 Å². The smallest absolute Gasteiger partial charge is 0.335 e. The zero-order chi connectivity index (χ0) is 25.1. The lowest BCUT2D eigenvalue weighted by Gasteiger charge is -2.08. The number of aromatic nitrogens is 1. The minimum Gasteiger partial charge on any atom is -0.478 e. The summed E-state index contributed by atoms with van der Waals surface area (Å²) in [5.41, 5.74) is 9.52. The largest absolute Gasteiger partial charge is 0.478 e. The summed E-state index contributed by atoms with van der Waals surface area (Å²) in [5, 5.41) is 15.8. The minimum atomic E-state index is -0.981. The molecule has 0 atom stereocenters. The molecule has 5 N–H and O–H groups in total. The van der Waals surface area contributed by atoms with Crippen molar-refractivity contribution in [2.75, 3.05) is 58.2 Å². The van der Waals surface area contributed by atoms with E-state index in [0.717, 1.165) is 12.0 Å². The van der Waals surface area contributed by atoms with Gasteiger partial charge in [-0.25, -0.2) is 9.78 Å². The summed E-state index contributed by atoms with van der Waals surface area (Å²) in [7, 11) is 0. The summed E-state index contributed by atoms with van der Waals surface area (Å²) in [5.74, 6) is -0.729. The van der Waals surface area contributed by atoms with Crippen LogP contribution in [0.5, 0.6) is 0 Å². The zero-order valence-corrected chi connectivity index (χ0v) is 20.9. The predicted molar refractivity (Wildman–Crippen MR) is 139 cm³/mol. The van der Waals surface area contributed by atoms with Crippen LogP contribution in [0.15, 0.2) is 47.7 Å². The normalized spacial score (nSPS) is 10.7. The van der Waals surface area contributed by atoms with Gasteiger partial charge < -0.3 is 30.4 Å². The number of carboxylic acids is 1. The molecule has 0 radical (unpaired) electrons. The van der Waals surface area contributed by atoms with Gasteiger partial charge in [0.25, 0.3) is 5.91 Å². The fraction of sp³-hybridized carbons (Fsp3) is 0.417. The number of ether oxygens (including phenoxy) is 3. The summed E-state index contributed by atoms with van der Waals surface area (Å²) in [6.07, 6.45) is 4.54. The molecular weight excluding hydrogens is 490 g/mol. The van der Waals surface area contributed by atoms with Gasteiger partial charge in [0.2, 0.25) is 0 Å². The van der Waals surface area contributed by atoms with Crippen molar-refractivity contribution in [3.05, 3.63) is 59.3 Å². The maximum absolute atomic E-state index is 12.2. The van der Waals surface area contributed by atoms with E-state index in [2.05, 4.69) is 20.8 Å². The number of anilines is 1. The number of nitrogens with two attached hydrogens (primary N) is 1. The van der Waals surface area contributed by atoms with Crippen molar-refractivity contribution in [1.29, 1.82) is 0 Å². The molecule has 0 aliphatic heterocycles. The lowest BCUT2D eigenvalue weighted by atomic mass is 10.1. The molecule has 0 spiro atoms. The molecule has 1 aromatic carbocycles. The number of carboxylic acid groups (broad SMARTS) is 1. The third kappa shape index (κ3) is 13.1. The molecule has 1 amide bonds. The van der Waals surface area contributed by atoms with E-state index in [0.29, 0.717) is 70.5 Å². The Bertz CT molecular complexity index is 912. The van der Waals surface area contributed by atoms with E-state index in [1.807, 2.05) is 0 Å². The molecule has 1 aromatic heterocycles. The summed E-state index contributed by atoms with van der Waals surface area (Å²) < 4.78 is 16.2. The highest BCUT2D eigenvalue weighted by Gasteiger charge is 2.05. The first-order valence-corrected chi connectivity index (χ1v) is 11.4. The number of halogens is 1. The van der Waals surface area contributed by atoms with Crippen molar-refractivity contribution in [1.82, 2.24) is 10.3 Å². The van der Waals surface area contributed by atoms with Gasteiger partial charge in [-0.2, -0.15) is 5.10 Å². The summed E-state index contributed by atoms with van der Waals surface area (Å²) in [6, 6.07) is 9.59. The molecule has 2 aromatic rings. The summed E-state index contributed by atoms with van der Waals surface area (Å²) >= 11 is 0. The number of hydrazone groups is 1. The Balaban J connectivity index is 0.00000648. The monoisotopic (exact) mass is 523 g/mol. The number of benzene rings is 1. The Morgan fingerprint density at radius 3 is 2.11 bits per heavy atom. The first-order chi connectivity index (χ1) is 17.1. The minimum absolute atomic E-state index is 0. The van der Waals surface area contributed by atoms with Gasteiger partial charge in [0.15, 0.2) is 0 Å². The van der Waals surface area contributed by atoms with Crippen molar-refractivity contribution in [3.63, 3.8) is 0 Å². The Kier molecular flexibility index (Phi) is 16.5. The second-order valence-corrected chi connectivity index (χ2v) is 7.32. The van der Waals surface area contributed by atoms with Crippen molar-refractivity contribution >= 4 is 36.3 Å². The number of aromatic carboxylic acids is 1. The SMILES string of the molecule is Cl.NCCCOCCOCCOCCCNC(=O)c1ccc(NN=Cc2ccc(C(=O)O)cc2)nc1. The van der Waals surface area contributed by atoms with Crippen LogP contribution < -0.4 is 16.5 Å². The van der Waals surface area contributed by atoms with E-state index in [4.69, 9.17) is 25.1 Å². The average molecular weight is 524 g/mol. The van der Waals surface area contributed by atoms with E-state index in [9.17, 15) is 9.59 Å². The molecule has 0 aliphatic carbocycles. The maximum atomic E-state index is 12.2. The van der Waals surface area contributed by atoms with Gasteiger partial charge in [-0.1, -0.05) is 12.1 Å². The van der Waals surface area contributed by atoms with E-state index in [-0.39, 0.29) is 23.9 Å². The average Bonchev–Trinajstić information content (AvgIpc) is 2.87. The highest BCUT2D eigenvalue weighted by Crippen LogP contribution is 2.06. The second kappa shape index (κ2) is 19.1. The molecule has 0 saturated carbocycles. The van der Waals surface area contributed by atoms with Crippen molar-refractivity contribution < 1.29 is 28.9 Å². The van der Waals surface area contributed by atoms with Crippen LogP contribution in [0.4, 0.5) is 5.82 Å². The van der Waals surface area contributed by atoms with Crippen molar-refractivity contribution in [3.8, 4) is 0 Å². The van der Waals surface area contributed by atoms with E-state index < -0.39 is 5.97 Å². The Morgan fingerprint density at radius 1 is 0.917 bits per heavy atom. The number of carbonyl (C=O) groups is 2. The highest BCUT2D eigenvalue weighted by molar-refractivity contribution is 5.94. The van der Waals surface area contributed by atoms with Crippen LogP contribution in [0.2, 0.25) is 0 Å². The second-order valence-electron chi connectivity index (χ2n) is 7.32. The lowest BCUT2D eigenvalue weighted by molar-refractivity contribution is 0.0141. The molecule has 11 nitrogen and oxygen atoms in total.